The second-order valence-electron chi connectivity index (χ2n) is 3.26. The van der Waals surface area contributed by atoms with Crippen LogP contribution >= 0.6 is 11.8 Å². The van der Waals surface area contributed by atoms with Crippen LogP contribution in [-0.4, -0.2) is 24.7 Å². The Morgan fingerprint density at radius 2 is 2.07 bits per heavy atom. The lowest BCUT2D eigenvalue weighted by Crippen LogP contribution is -2.15. The van der Waals surface area contributed by atoms with E-state index in [0.717, 1.165) is 22.7 Å². The summed E-state index contributed by atoms with van der Waals surface area (Å²) in [5.41, 5.74) is 0. The number of hydrogen-bond donors (Lipinski definition) is 0. The normalized spacial score (nSPS) is 15.8. The lowest BCUT2D eigenvalue weighted by atomic mass is 10.3. The minimum absolute atomic E-state index is 0.0347. The fourth-order valence-corrected chi connectivity index (χ4v) is 2.15. The van der Waals surface area contributed by atoms with Gasteiger partial charge in [0, 0.05) is 4.90 Å². The Balaban J connectivity index is 2.16. The summed E-state index contributed by atoms with van der Waals surface area (Å²) in [6, 6.07) is 5.74. The van der Waals surface area contributed by atoms with Gasteiger partial charge in [-0.25, -0.2) is 0 Å². The zero-order valence-corrected chi connectivity index (χ0v) is 9.25. The molecule has 1 atom stereocenters. The van der Waals surface area contributed by atoms with Gasteiger partial charge in [-0.15, -0.1) is 11.8 Å². The van der Waals surface area contributed by atoms with Crippen molar-refractivity contribution in [3.05, 3.63) is 18.2 Å². The van der Waals surface area contributed by atoms with Gasteiger partial charge in [0.05, 0.1) is 5.25 Å². The molecule has 0 N–H and O–H groups in total. The summed E-state index contributed by atoms with van der Waals surface area (Å²) in [7, 11) is 0. The monoisotopic (exact) mass is 224 g/mol. The van der Waals surface area contributed by atoms with E-state index in [9.17, 15) is 4.79 Å². The molecule has 2 rings (SSSR count). The summed E-state index contributed by atoms with van der Waals surface area (Å²) in [4.78, 5) is 11.5. The fraction of sp³-hybridized carbons (Fsp3) is 0.364. The summed E-state index contributed by atoms with van der Waals surface area (Å²) in [5, 5.41) is -0.0347. The Morgan fingerprint density at radius 1 is 1.33 bits per heavy atom. The van der Waals surface area contributed by atoms with Crippen molar-refractivity contribution in [2.45, 2.75) is 17.1 Å². The lowest BCUT2D eigenvalue weighted by molar-refractivity contribution is -0.107. The number of hydrogen-bond acceptors (Lipinski definition) is 4. The molecule has 1 aromatic rings. The second-order valence-corrected chi connectivity index (χ2v) is 4.72. The summed E-state index contributed by atoms with van der Waals surface area (Å²) < 4.78 is 10.9. The molecule has 80 valence electrons. The molecule has 0 spiro atoms. The van der Waals surface area contributed by atoms with E-state index < -0.39 is 0 Å². The highest BCUT2D eigenvalue weighted by atomic mass is 32.2. The molecule has 0 saturated heterocycles. The first-order valence-corrected chi connectivity index (χ1v) is 5.69. The molecule has 1 heterocycles. The van der Waals surface area contributed by atoms with Crippen LogP contribution in [-0.2, 0) is 4.79 Å². The van der Waals surface area contributed by atoms with Gasteiger partial charge in [-0.3, -0.25) is 0 Å². The van der Waals surface area contributed by atoms with Crippen molar-refractivity contribution in [2.24, 2.45) is 0 Å². The van der Waals surface area contributed by atoms with E-state index in [1.54, 1.807) is 0 Å². The zero-order valence-electron chi connectivity index (χ0n) is 8.43. The number of rotatable bonds is 3. The third kappa shape index (κ3) is 2.45. The maximum absolute atomic E-state index is 10.5. The summed E-state index contributed by atoms with van der Waals surface area (Å²) >= 11 is 1.51. The first-order chi connectivity index (χ1) is 7.29. The Labute approximate surface area is 92.8 Å². The average molecular weight is 224 g/mol. The van der Waals surface area contributed by atoms with E-state index in [1.807, 2.05) is 25.1 Å². The van der Waals surface area contributed by atoms with Gasteiger partial charge in [-0.05, 0) is 25.1 Å². The predicted octanol–water partition coefficient (Wildman–Crippen LogP) is 2.14. The third-order valence-electron chi connectivity index (χ3n) is 2.03. The number of fused-ring (bicyclic) bond motifs is 1. The average Bonchev–Trinajstić information content (AvgIpc) is 2.29. The molecule has 0 aliphatic carbocycles. The Kier molecular flexibility index (Phi) is 3.16. The van der Waals surface area contributed by atoms with Crippen molar-refractivity contribution < 1.29 is 14.3 Å². The fourth-order valence-electron chi connectivity index (χ4n) is 1.34. The Hall–Kier alpha value is -1.16. The second kappa shape index (κ2) is 4.57. The Morgan fingerprint density at radius 3 is 2.80 bits per heavy atom. The van der Waals surface area contributed by atoms with E-state index in [2.05, 4.69) is 0 Å². The molecule has 0 fully saturated rings. The molecule has 1 aliphatic rings. The van der Waals surface area contributed by atoms with Gasteiger partial charge in [-0.1, -0.05) is 0 Å². The van der Waals surface area contributed by atoms with E-state index in [1.165, 1.54) is 11.8 Å². The standard InChI is InChI=1S/C11H12O3S/c1-8(7-12)15-9-2-3-10-11(6-9)14-5-4-13-10/h2-3,6-8H,4-5H2,1H3. The first-order valence-electron chi connectivity index (χ1n) is 4.81. The highest BCUT2D eigenvalue weighted by Crippen LogP contribution is 2.35. The van der Waals surface area contributed by atoms with Crippen LogP contribution in [0.5, 0.6) is 11.5 Å². The van der Waals surface area contributed by atoms with Crippen molar-refractivity contribution >= 4 is 18.0 Å². The molecule has 0 bridgehead atoms. The van der Waals surface area contributed by atoms with Crippen LogP contribution in [0.25, 0.3) is 0 Å². The van der Waals surface area contributed by atoms with Crippen LogP contribution in [0.2, 0.25) is 0 Å². The van der Waals surface area contributed by atoms with Crippen LogP contribution in [0.4, 0.5) is 0 Å². The van der Waals surface area contributed by atoms with E-state index in [-0.39, 0.29) is 5.25 Å². The molecule has 3 nitrogen and oxygen atoms in total. The highest BCUT2D eigenvalue weighted by molar-refractivity contribution is 8.00. The number of thioether (sulfide) groups is 1. The maximum Gasteiger partial charge on any atom is 0.162 e. The Bertz CT molecular complexity index is 365. The molecule has 0 saturated carbocycles. The molecule has 1 aromatic carbocycles. The van der Waals surface area contributed by atoms with Gasteiger partial charge in [0.1, 0.15) is 19.5 Å². The largest absolute Gasteiger partial charge is 0.486 e. The van der Waals surface area contributed by atoms with Crippen molar-refractivity contribution in [3.8, 4) is 11.5 Å². The number of benzene rings is 1. The molecular weight excluding hydrogens is 212 g/mol. The minimum Gasteiger partial charge on any atom is -0.486 e. The SMILES string of the molecule is CC(C=O)Sc1ccc2c(c1)OCCO2. The van der Waals surface area contributed by atoms with Crippen LogP contribution < -0.4 is 9.47 Å². The van der Waals surface area contributed by atoms with E-state index in [4.69, 9.17) is 9.47 Å². The number of ether oxygens (including phenoxy) is 2. The molecule has 1 aliphatic heterocycles. The van der Waals surface area contributed by atoms with Gasteiger partial charge < -0.3 is 14.3 Å². The van der Waals surface area contributed by atoms with Gasteiger partial charge in [0.15, 0.2) is 11.5 Å². The summed E-state index contributed by atoms with van der Waals surface area (Å²) in [6.45, 7) is 3.06. The van der Waals surface area contributed by atoms with Gasteiger partial charge >= 0.3 is 0 Å². The van der Waals surface area contributed by atoms with Gasteiger partial charge in [-0.2, -0.15) is 0 Å². The lowest BCUT2D eigenvalue weighted by Gasteiger charge is -2.18. The first kappa shape index (κ1) is 10.4. The third-order valence-corrected chi connectivity index (χ3v) is 3.04. The van der Waals surface area contributed by atoms with Crippen LogP contribution in [0.3, 0.4) is 0 Å². The maximum atomic E-state index is 10.5. The predicted molar refractivity (Wildman–Crippen MR) is 58.8 cm³/mol. The minimum atomic E-state index is -0.0347. The smallest absolute Gasteiger partial charge is 0.162 e. The number of carbonyl (C=O) groups is 1. The van der Waals surface area contributed by atoms with E-state index >= 15 is 0 Å². The van der Waals surface area contributed by atoms with Crippen molar-refractivity contribution in [2.75, 3.05) is 13.2 Å². The van der Waals surface area contributed by atoms with E-state index in [0.29, 0.717) is 13.2 Å². The van der Waals surface area contributed by atoms with Crippen LogP contribution in [0, 0.1) is 0 Å². The highest BCUT2D eigenvalue weighted by Gasteiger charge is 2.12. The molecule has 1 unspecified atom stereocenters. The molecule has 0 amide bonds. The van der Waals surface area contributed by atoms with Crippen LogP contribution in [0.15, 0.2) is 23.1 Å². The molecule has 0 aromatic heterocycles. The zero-order chi connectivity index (χ0) is 10.7. The number of aldehydes is 1. The number of carbonyl (C=O) groups excluding carboxylic acids is 1. The molecule has 15 heavy (non-hydrogen) atoms. The summed E-state index contributed by atoms with van der Waals surface area (Å²) in [6.07, 6.45) is 0.932. The quantitative estimate of drug-likeness (QED) is 0.582. The van der Waals surface area contributed by atoms with Crippen molar-refractivity contribution in [1.29, 1.82) is 0 Å². The van der Waals surface area contributed by atoms with Crippen molar-refractivity contribution in [3.63, 3.8) is 0 Å². The summed E-state index contributed by atoms with van der Waals surface area (Å²) in [5.74, 6) is 1.55. The molecule has 0 radical (unpaired) electrons. The van der Waals surface area contributed by atoms with Gasteiger partial charge in [0.25, 0.3) is 0 Å². The van der Waals surface area contributed by atoms with Gasteiger partial charge in [0.2, 0.25) is 0 Å². The molecular formula is C11H12O3S. The van der Waals surface area contributed by atoms with Crippen LogP contribution in [0.1, 0.15) is 6.92 Å². The van der Waals surface area contributed by atoms with Crippen molar-refractivity contribution in [1.82, 2.24) is 0 Å². The topological polar surface area (TPSA) is 35.5 Å². The molecule has 4 heteroatoms.